The molecule has 0 fully saturated rings. The molecule has 0 heterocycles. The Kier molecular flexibility index (Phi) is 6.74. The molecule has 2 N–H and O–H groups in total. The van der Waals surface area contributed by atoms with Crippen molar-refractivity contribution in [2.24, 2.45) is 0 Å². The third kappa shape index (κ3) is 5.28. The van der Waals surface area contributed by atoms with Gasteiger partial charge in [0.1, 0.15) is 5.69 Å². The van der Waals surface area contributed by atoms with Crippen molar-refractivity contribution < 1.29 is 26.7 Å². The van der Waals surface area contributed by atoms with Gasteiger partial charge in [-0.3, -0.25) is 20.2 Å². The summed E-state index contributed by atoms with van der Waals surface area (Å²) in [6.45, 7) is 1.07. The second-order valence-electron chi connectivity index (χ2n) is 6.19. The van der Waals surface area contributed by atoms with Crippen molar-refractivity contribution in [2.45, 2.75) is 16.7 Å². The molecule has 30 heavy (non-hydrogen) atoms. The molecule has 0 aliphatic heterocycles. The Labute approximate surface area is 172 Å². The molecule has 0 atom stereocenters. The normalized spacial score (nSPS) is 11.8. The topological polar surface area (TPSA) is 179 Å². The van der Waals surface area contributed by atoms with Gasteiger partial charge in [-0.1, -0.05) is 6.07 Å². The highest BCUT2D eigenvalue weighted by Gasteiger charge is 2.23. The van der Waals surface area contributed by atoms with Crippen molar-refractivity contribution >= 4 is 36.9 Å². The highest BCUT2D eigenvalue weighted by Crippen LogP contribution is 2.27. The number of anilines is 1. The molecule has 0 aliphatic rings. The van der Waals surface area contributed by atoms with Gasteiger partial charge in [0.2, 0.25) is 10.0 Å². The zero-order valence-corrected chi connectivity index (χ0v) is 17.5. The molecule has 0 aliphatic carbocycles. The zero-order valence-electron chi connectivity index (χ0n) is 15.9. The molecule has 0 amide bonds. The molecule has 2 aromatic rings. The molecule has 12 nitrogen and oxygen atoms in total. The van der Waals surface area contributed by atoms with E-state index in [1.165, 1.54) is 37.3 Å². The molecule has 0 spiro atoms. The van der Waals surface area contributed by atoms with E-state index in [-0.39, 0.29) is 39.8 Å². The Morgan fingerprint density at radius 1 is 0.933 bits per heavy atom. The third-order valence-electron chi connectivity index (χ3n) is 4.07. The number of rotatable bonds is 9. The maximum absolute atomic E-state index is 12.4. The Morgan fingerprint density at radius 2 is 1.57 bits per heavy atom. The number of sulfonamides is 1. The average molecular weight is 458 g/mol. The highest BCUT2D eigenvalue weighted by atomic mass is 32.2. The van der Waals surface area contributed by atoms with E-state index in [0.29, 0.717) is 0 Å². The number of nitrogens with one attached hydrogen (secondary N) is 2. The van der Waals surface area contributed by atoms with Gasteiger partial charge in [-0.2, -0.15) is 0 Å². The first-order chi connectivity index (χ1) is 13.8. The molecule has 0 saturated heterocycles. The van der Waals surface area contributed by atoms with E-state index in [2.05, 4.69) is 10.0 Å². The zero-order chi connectivity index (χ0) is 22.7. The van der Waals surface area contributed by atoms with Gasteiger partial charge in [-0.05, 0) is 25.1 Å². The van der Waals surface area contributed by atoms with Crippen molar-refractivity contribution in [1.29, 1.82) is 0 Å². The standard InChI is InChI=1S/C16H18N4O8S2/c1-11-14(19(21)22)4-3-5-16(11)30(27,28)18-9-8-17-13-7-6-12(29(2,25)26)10-15(13)20(23)24/h3-7,10,17-18H,8-9H2,1-2H3. The number of nitro groups is 2. The molecule has 0 unspecified atom stereocenters. The number of sulfone groups is 1. The third-order valence-corrected chi connectivity index (χ3v) is 6.78. The van der Waals surface area contributed by atoms with Crippen LogP contribution in [-0.2, 0) is 19.9 Å². The fourth-order valence-electron chi connectivity index (χ4n) is 2.59. The van der Waals surface area contributed by atoms with Crippen molar-refractivity contribution in [3.63, 3.8) is 0 Å². The summed E-state index contributed by atoms with van der Waals surface area (Å²) in [5, 5.41) is 24.9. The van der Waals surface area contributed by atoms with Crippen LogP contribution in [0.2, 0.25) is 0 Å². The van der Waals surface area contributed by atoms with Gasteiger partial charge in [0.05, 0.1) is 19.6 Å². The van der Waals surface area contributed by atoms with Crippen molar-refractivity contribution in [3.05, 3.63) is 62.2 Å². The fraction of sp³-hybridized carbons (Fsp3) is 0.250. The summed E-state index contributed by atoms with van der Waals surface area (Å²) in [5.74, 6) is 0. The minimum atomic E-state index is -4.06. The smallest absolute Gasteiger partial charge is 0.293 e. The largest absolute Gasteiger partial charge is 0.378 e. The van der Waals surface area contributed by atoms with E-state index in [1.807, 2.05) is 0 Å². The summed E-state index contributed by atoms with van der Waals surface area (Å²) in [6.07, 6.45) is 0.920. The van der Waals surface area contributed by atoms with Gasteiger partial charge in [0, 0.05) is 37.0 Å². The van der Waals surface area contributed by atoms with Crippen molar-refractivity contribution in [2.75, 3.05) is 24.7 Å². The summed E-state index contributed by atoms with van der Waals surface area (Å²) in [6, 6.07) is 7.00. The van der Waals surface area contributed by atoms with Gasteiger partial charge < -0.3 is 5.32 Å². The summed E-state index contributed by atoms with van der Waals surface area (Å²) in [4.78, 5) is 20.3. The SMILES string of the molecule is Cc1c([N+](=O)[O-])cccc1S(=O)(=O)NCCNc1ccc(S(C)(=O)=O)cc1[N+](=O)[O-]. The Bertz CT molecular complexity index is 1210. The first-order valence-corrected chi connectivity index (χ1v) is 11.7. The molecule has 162 valence electrons. The van der Waals surface area contributed by atoms with Crippen LogP contribution in [-0.4, -0.2) is 46.0 Å². The Hall–Kier alpha value is -3.10. The molecule has 2 aromatic carbocycles. The van der Waals surface area contributed by atoms with E-state index < -0.39 is 35.4 Å². The number of nitro benzene ring substituents is 2. The Morgan fingerprint density at radius 3 is 2.13 bits per heavy atom. The van der Waals surface area contributed by atoms with Gasteiger partial charge in [-0.25, -0.2) is 21.6 Å². The first kappa shape index (κ1) is 23.2. The lowest BCUT2D eigenvalue weighted by Crippen LogP contribution is -2.29. The maximum atomic E-state index is 12.4. The van der Waals surface area contributed by atoms with Gasteiger partial charge in [-0.15, -0.1) is 0 Å². The van der Waals surface area contributed by atoms with Crippen LogP contribution in [0, 0.1) is 27.2 Å². The van der Waals surface area contributed by atoms with Crippen LogP contribution < -0.4 is 10.0 Å². The van der Waals surface area contributed by atoms with E-state index in [9.17, 15) is 37.1 Å². The van der Waals surface area contributed by atoms with E-state index in [1.54, 1.807) is 0 Å². The molecule has 0 bridgehead atoms. The van der Waals surface area contributed by atoms with Crippen LogP contribution in [0.3, 0.4) is 0 Å². The minimum absolute atomic E-state index is 0.0122. The quantitative estimate of drug-likeness (QED) is 0.321. The first-order valence-electron chi connectivity index (χ1n) is 8.30. The Balaban J connectivity index is 2.12. The second-order valence-corrected chi connectivity index (χ2v) is 9.94. The van der Waals surface area contributed by atoms with Crippen LogP contribution >= 0.6 is 0 Å². The van der Waals surface area contributed by atoms with Gasteiger partial charge >= 0.3 is 0 Å². The van der Waals surface area contributed by atoms with E-state index >= 15 is 0 Å². The van der Waals surface area contributed by atoms with Crippen molar-refractivity contribution in [1.82, 2.24) is 4.72 Å². The summed E-state index contributed by atoms with van der Waals surface area (Å²) >= 11 is 0. The van der Waals surface area contributed by atoms with Crippen LogP contribution in [0.4, 0.5) is 17.1 Å². The summed E-state index contributed by atoms with van der Waals surface area (Å²) in [7, 11) is -7.70. The predicted molar refractivity (Wildman–Crippen MR) is 108 cm³/mol. The monoisotopic (exact) mass is 458 g/mol. The van der Waals surface area contributed by atoms with Gasteiger partial charge in [0.15, 0.2) is 9.84 Å². The number of hydrogen-bond donors (Lipinski definition) is 2. The maximum Gasteiger partial charge on any atom is 0.293 e. The van der Waals surface area contributed by atoms with E-state index in [0.717, 1.165) is 12.3 Å². The number of hydrogen-bond acceptors (Lipinski definition) is 9. The van der Waals surface area contributed by atoms with Crippen LogP contribution in [0.25, 0.3) is 0 Å². The van der Waals surface area contributed by atoms with Crippen LogP contribution in [0.15, 0.2) is 46.2 Å². The lowest BCUT2D eigenvalue weighted by atomic mass is 10.2. The summed E-state index contributed by atoms with van der Waals surface area (Å²) < 4.78 is 50.2. The van der Waals surface area contributed by atoms with Crippen LogP contribution in [0.5, 0.6) is 0 Å². The number of benzene rings is 2. The molecule has 0 saturated carbocycles. The molecule has 0 aromatic heterocycles. The molecule has 0 radical (unpaired) electrons. The summed E-state index contributed by atoms with van der Waals surface area (Å²) in [5.41, 5.74) is -0.819. The van der Waals surface area contributed by atoms with Gasteiger partial charge in [0.25, 0.3) is 11.4 Å². The molecule has 14 heteroatoms. The fourth-order valence-corrected chi connectivity index (χ4v) is 4.53. The van der Waals surface area contributed by atoms with Crippen molar-refractivity contribution in [3.8, 4) is 0 Å². The highest BCUT2D eigenvalue weighted by molar-refractivity contribution is 7.90. The lowest BCUT2D eigenvalue weighted by Gasteiger charge is -2.11. The second kappa shape index (κ2) is 8.73. The predicted octanol–water partition coefficient (Wildman–Crippen LogP) is 1.61. The molecule has 2 rings (SSSR count). The van der Waals surface area contributed by atoms with E-state index in [4.69, 9.17) is 0 Å². The lowest BCUT2D eigenvalue weighted by molar-refractivity contribution is -0.385. The minimum Gasteiger partial charge on any atom is -0.378 e. The average Bonchev–Trinajstić information content (AvgIpc) is 2.64. The molecular formula is C16H18N4O8S2. The molecular weight excluding hydrogens is 440 g/mol. The van der Waals surface area contributed by atoms with Crippen LogP contribution in [0.1, 0.15) is 5.56 Å². The number of nitrogens with zero attached hydrogens (tertiary/aromatic N) is 2.